The van der Waals surface area contributed by atoms with E-state index in [2.05, 4.69) is 5.32 Å². The lowest BCUT2D eigenvalue weighted by molar-refractivity contribution is -0.116. The van der Waals surface area contributed by atoms with Crippen molar-refractivity contribution in [3.05, 3.63) is 65.2 Å². The van der Waals surface area contributed by atoms with Crippen LogP contribution in [0.4, 0.5) is 8.78 Å². The molecule has 0 fully saturated rings. The van der Waals surface area contributed by atoms with Gasteiger partial charge < -0.3 is 14.8 Å². The van der Waals surface area contributed by atoms with Gasteiger partial charge in [-0.1, -0.05) is 18.2 Å². The molecule has 0 atom stereocenters. The van der Waals surface area contributed by atoms with Gasteiger partial charge in [0.2, 0.25) is 5.91 Å². The number of hydrogen-bond donors (Lipinski definition) is 1. The van der Waals surface area contributed by atoms with Gasteiger partial charge in [0.15, 0.2) is 23.1 Å². The smallest absolute Gasteiger partial charge is 0.244 e. The van der Waals surface area contributed by atoms with Crippen LogP contribution >= 0.6 is 0 Å². The average Bonchev–Trinajstić information content (AvgIpc) is 2.62. The second-order valence-electron chi connectivity index (χ2n) is 5.21. The van der Waals surface area contributed by atoms with Crippen molar-refractivity contribution >= 4 is 12.0 Å². The standard InChI is InChI=1S/C19H19F2NO3/c1-24-16-8-6-13(12-17(16)25-2)10-11-22-18(23)9-7-14-4-3-5-15(20)19(14)21/h3-9,12H,10-11H2,1-2H3,(H,22,23). The summed E-state index contributed by atoms with van der Waals surface area (Å²) in [6.07, 6.45) is 3.00. The van der Waals surface area contributed by atoms with Crippen LogP contribution in [0.5, 0.6) is 11.5 Å². The molecule has 2 aromatic carbocycles. The first-order chi connectivity index (χ1) is 12.0. The van der Waals surface area contributed by atoms with Gasteiger partial charge in [0, 0.05) is 18.2 Å². The largest absolute Gasteiger partial charge is 0.493 e. The van der Waals surface area contributed by atoms with E-state index in [1.807, 2.05) is 12.1 Å². The third kappa shape index (κ3) is 5.04. The molecule has 2 rings (SSSR count). The summed E-state index contributed by atoms with van der Waals surface area (Å²) in [6, 6.07) is 9.31. The topological polar surface area (TPSA) is 47.6 Å². The highest BCUT2D eigenvalue weighted by molar-refractivity contribution is 5.91. The van der Waals surface area contributed by atoms with Crippen LogP contribution in [0.1, 0.15) is 11.1 Å². The molecule has 0 aliphatic rings. The van der Waals surface area contributed by atoms with Crippen molar-refractivity contribution in [2.45, 2.75) is 6.42 Å². The van der Waals surface area contributed by atoms with Crippen LogP contribution < -0.4 is 14.8 Å². The maximum Gasteiger partial charge on any atom is 0.244 e. The first-order valence-corrected chi connectivity index (χ1v) is 7.66. The minimum absolute atomic E-state index is 0.0232. The molecule has 1 amide bonds. The van der Waals surface area contributed by atoms with Gasteiger partial charge in [0.1, 0.15) is 0 Å². The van der Waals surface area contributed by atoms with Crippen molar-refractivity contribution in [2.75, 3.05) is 20.8 Å². The zero-order chi connectivity index (χ0) is 18.2. The zero-order valence-electron chi connectivity index (χ0n) is 14.0. The number of rotatable bonds is 7. The first kappa shape index (κ1) is 18.4. The van der Waals surface area contributed by atoms with E-state index in [0.717, 1.165) is 11.6 Å². The fraction of sp³-hybridized carbons (Fsp3) is 0.211. The monoisotopic (exact) mass is 347 g/mol. The maximum atomic E-state index is 13.5. The van der Waals surface area contributed by atoms with Gasteiger partial charge in [-0.3, -0.25) is 4.79 Å². The highest BCUT2D eigenvalue weighted by atomic mass is 19.2. The van der Waals surface area contributed by atoms with E-state index < -0.39 is 11.6 Å². The number of methoxy groups -OCH3 is 2. The Morgan fingerprint density at radius 3 is 2.60 bits per heavy atom. The van der Waals surface area contributed by atoms with Crippen LogP contribution in [0.3, 0.4) is 0 Å². The molecule has 0 aromatic heterocycles. The summed E-state index contributed by atoms with van der Waals surface area (Å²) >= 11 is 0. The predicted molar refractivity (Wildman–Crippen MR) is 91.7 cm³/mol. The molecule has 0 saturated carbocycles. The Labute approximate surface area is 145 Å². The molecule has 25 heavy (non-hydrogen) atoms. The minimum atomic E-state index is -0.975. The molecule has 0 aliphatic carbocycles. The highest BCUT2D eigenvalue weighted by Gasteiger charge is 2.06. The Morgan fingerprint density at radius 2 is 1.88 bits per heavy atom. The predicted octanol–water partition coefficient (Wildman–Crippen LogP) is 3.35. The number of amides is 1. The summed E-state index contributed by atoms with van der Waals surface area (Å²) in [7, 11) is 3.12. The van der Waals surface area contributed by atoms with E-state index in [9.17, 15) is 13.6 Å². The molecule has 1 N–H and O–H groups in total. The zero-order valence-corrected chi connectivity index (χ0v) is 14.0. The van der Waals surface area contributed by atoms with E-state index >= 15 is 0 Å². The fourth-order valence-corrected chi connectivity index (χ4v) is 2.24. The van der Waals surface area contributed by atoms with Crippen molar-refractivity contribution in [3.8, 4) is 11.5 Å². The Hall–Kier alpha value is -2.89. The summed E-state index contributed by atoms with van der Waals surface area (Å²) in [4.78, 5) is 11.8. The normalized spacial score (nSPS) is 10.7. The number of halogens is 2. The molecule has 0 bridgehead atoms. The first-order valence-electron chi connectivity index (χ1n) is 7.66. The lowest BCUT2D eigenvalue weighted by Crippen LogP contribution is -2.23. The van der Waals surface area contributed by atoms with Crippen molar-refractivity contribution in [1.29, 1.82) is 0 Å². The SMILES string of the molecule is COc1ccc(CCNC(=O)C=Cc2cccc(F)c2F)cc1OC. The Balaban J connectivity index is 1.88. The van der Waals surface area contributed by atoms with E-state index in [1.54, 1.807) is 20.3 Å². The van der Waals surface area contributed by atoms with Gasteiger partial charge in [-0.25, -0.2) is 8.78 Å². The molecule has 0 radical (unpaired) electrons. The molecular formula is C19H19F2NO3. The van der Waals surface area contributed by atoms with Crippen molar-refractivity contribution in [3.63, 3.8) is 0 Å². The van der Waals surface area contributed by atoms with Crippen LogP contribution in [0.15, 0.2) is 42.5 Å². The maximum absolute atomic E-state index is 13.5. The molecule has 2 aromatic rings. The highest BCUT2D eigenvalue weighted by Crippen LogP contribution is 2.27. The van der Waals surface area contributed by atoms with Crippen LogP contribution in [0.2, 0.25) is 0 Å². The number of hydrogen-bond acceptors (Lipinski definition) is 3. The molecule has 0 saturated heterocycles. The third-order valence-electron chi connectivity index (χ3n) is 3.56. The van der Waals surface area contributed by atoms with E-state index in [4.69, 9.17) is 9.47 Å². The van der Waals surface area contributed by atoms with Crippen LogP contribution in [-0.2, 0) is 11.2 Å². The molecule has 0 unspecified atom stereocenters. The van der Waals surface area contributed by atoms with Crippen LogP contribution in [-0.4, -0.2) is 26.7 Å². The molecule has 0 spiro atoms. The van der Waals surface area contributed by atoms with Gasteiger partial charge in [-0.05, 0) is 36.3 Å². The summed E-state index contributed by atoms with van der Waals surface area (Å²) < 4.78 is 36.9. The molecule has 6 heteroatoms. The summed E-state index contributed by atoms with van der Waals surface area (Å²) in [6.45, 7) is 0.393. The molecular weight excluding hydrogens is 328 g/mol. The van der Waals surface area contributed by atoms with Gasteiger partial charge in [-0.15, -0.1) is 0 Å². The van der Waals surface area contributed by atoms with Gasteiger partial charge >= 0.3 is 0 Å². The fourth-order valence-electron chi connectivity index (χ4n) is 2.24. The average molecular weight is 347 g/mol. The van der Waals surface area contributed by atoms with Gasteiger partial charge in [0.05, 0.1) is 14.2 Å². The number of ether oxygens (including phenoxy) is 2. The molecule has 132 valence electrons. The third-order valence-corrected chi connectivity index (χ3v) is 3.56. The number of nitrogens with one attached hydrogen (secondary N) is 1. The van der Waals surface area contributed by atoms with E-state index in [-0.39, 0.29) is 11.5 Å². The lowest BCUT2D eigenvalue weighted by Gasteiger charge is -2.09. The summed E-state index contributed by atoms with van der Waals surface area (Å²) in [5.41, 5.74) is 0.994. The Kier molecular flexibility index (Phi) is 6.51. The number of carbonyl (C=O) groups is 1. The van der Waals surface area contributed by atoms with Crippen LogP contribution in [0.25, 0.3) is 6.08 Å². The van der Waals surface area contributed by atoms with E-state index in [0.29, 0.717) is 24.5 Å². The van der Waals surface area contributed by atoms with Crippen molar-refractivity contribution in [1.82, 2.24) is 5.32 Å². The van der Waals surface area contributed by atoms with Crippen LogP contribution in [0, 0.1) is 11.6 Å². The summed E-state index contributed by atoms with van der Waals surface area (Å²) in [5, 5.41) is 2.69. The quantitative estimate of drug-likeness (QED) is 0.782. The lowest BCUT2D eigenvalue weighted by atomic mass is 10.1. The van der Waals surface area contributed by atoms with Gasteiger partial charge in [0.25, 0.3) is 0 Å². The molecule has 0 heterocycles. The second kappa shape index (κ2) is 8.82. The van der Waals surface area contributed by atoms with Crippen molar-refractivity contribution in [2.24, 2.45) is 0 Å². The number of carbonyl (C=O) groups excluding carboxylic acids is 1. The second-order valence-corrected chi connectivity index (χ2v) is 5.21. The van der Waals surface area contributed by atoms with Gasteiger partial charge in [-0.2, -0.15) is 0 Å². The molecule has 4 nitrogen and oxygen atoms in total. The number of benzene rings is 2. The van der Waals surface area contributed by atoms with E-state index in [1.165, 1.54) is 24.3 Å². The van der Waals surface area contributed by atoms with Crippen molar-refractivity contribution < 1.29 is 23.0 Å². The molecule has 0 aliphatic heterocycles. The summed E-state index contributed by atoms with van der Waals surface area (Å²) in [5.74, 6) is -1.06. The Bertz CT molecular complexity index is 775. The minimum Gasteiger partial charge on any atom is -0.493 e. The Morgan fingerprint density at radius 1 is 1.12 bits per heavy atom.